The van der Waals surface area contributed by atoms with Crippen molar-refractivity contribution < 1.29 is 14.0 Å². The molecule has 0 aliphatic carbocycles. The summed E-state index contributed by atoms with van der Waals surface area (Å²) in [5.74, 6) is 1.00. The third-order valence-corrected chi connectivity index (χ3v) is 1.78. The molecule has 0 spiro atoms. The molecule has 92 valence electrons. The first-order chi connectivity index (χ1) is 7.67. The largest absolute Gasteiger partial charge is 0.345 e. The molecule has 0 N–H and O–H groups in total. The van der Waals surface area contributed by atoms with Gasteiger partial charge in [0.15, 0.2) is 5.82 Å². The van der Waals surface area contributed by atoms with Gasteiger partial charge in [-0.15, -0.1) is 0 Å². The maximum atomic E-state index is 5.35. The second-order valence-corrected chi connectivity index (χ2v) is 3.53. The van der Waals surface area contributed by atoms with Gasteiger partial charge in [-0.25, -0.2) is 0 Å². The molecule has 1 rings (SSSR count). The van der Waals surface area contributed by atoms with Crippen molar-refractivity contribution >= 4 is 0 Å². The van der Waals surface area contributed by atoms with E-state index < -0.39 is 6.29 Å². The van der Waals surface area contributed by atoms with Crippen LogP contribution in [0.4, 0.5) is 0 Å². The van der Waals surface area contributed by atoms with Crippen molar-refractivity contribution in [1.82, 2.24) is 15.0 Å². The van der Waals surface area contributed by atoms with Crippen molar-refractivity contribution in [3.63, 3.8) is 0 Å². The van der Waals surface area contributed by atoms with E-state index in [9.17, 15) is 0 Å². The Balaban J connectivity index is 2.65. The lowest BCUT2D eigenvalue weighted by molar-refractivity contribution is -0.155. The van der Waals surface area contributed by atoms with E-state index in [1.165, 1.54) is 0 Å². The molecule has 0 aliphatic rings. The predicted octanol–water partition coefficient (Wildman–Crippen LogP) is 1.20. The second-order valence-electron chi connectivity index (χ2n) is 3.53. The lowest BCUT2D eigenvalue weighted by atomic mass is 10.5. The van der Waals surface area contributed by atoms with Gasteiger partial charge in [0, 0.05) is 13.2 Å². The van der Waals surface area contributed by atoms with Gasteiger partial charge in [-0.05, 0) is 27.9 Å². The molecule has 0 aromatic carbocycles. The summed E-state index contributed by atoms with van der Waals surface area (Å²) in [6, 6.07) is 0. The number of aromatic nitrogens is 2. The Labute approximate surface area is 95.5 Å². The first-order valence-corrected chi connectivity index (χ1v) is 5.37. The summed E-state index contributed by atoms with van der Waals surface area (Å²) < 4.78 is 15.8. The number of nitrogens with zero attached hydrogens (tertiary/aromatic N) is 3. The molecule has 0 unspecified atom stereocenters. The monoisotopic (exact) mass is 229 g/mol. The van der Waals surface area contributed by atoms with Gasteiger partial charge in [-0.3, -0.25) is 0 Å². The minimum Gasteiger partial charge on any atom is -0.345 e. The van der Waals surface area contributed by atoms with Crippen LogP contribution in [0.5, 0.6) is 0 Å². The van der Waals surface area contributed by atoms with E-state index in [1.807, 2.05) is 32.8 Å². The first kappa shape index (κ1) is 13.1. The van der Waals surface area contributed by atoms with Gasteiger partial charge < -0.3 is 18.9 Å². The quantitative estimate of drug-likeness (QED) is 0.655. The fourth-order valence-electron chi connectivity index (χ4n) is 1.20. The molecule has 0 radical (unpaired) electrons. The fraction of sp³-hybridized carbons (Fsp3) is 0.800. The van der Waals surface area contributed by atoms with Crippen molar-refractivity contribution in [2.45, 2.75) is 26.7 Å². The molecular formula is C10H19N3O3. The summed E-state index contributed by atoms with van der Waals surface area (Å²) in [4.78, 5) is 6.18. The van der Waals surface area contributed by atoms with Gasteiger partial charge in [0.05, 0.1) is 6.54 Å². The first-order valence-electron chi connectivity index (χ1n) is 5.37. The van der Waals surface area contributed by atoms with Crippen LogP contribution in [-0.2, 0) is 16.0 Å². The summed E-state index contributed by atoms with van der Waals surface area (Å²) in [6.07, 6.45) is -0.557. The number of rotatable bonds is 7. The summed E-state index contributed by atoms with van der Waals surface area (Å²) in [7, 11) is 3.89. The smallest absolute Gasteiger partial charge is 0.283 e. The SMILES string of the molecule is CCOC(OCC)c1nc(CN(C)C)no1. The number of hydrogen-bond acceptors (Lipinski definition) is 6. The van der Waals surface area contributed by atoms with E-state index in [1.54, 1.807) is 0 Å². The molecule has 0 saturated heterocycles. The molecule has 1 heterocycles. The summed E-state index contributed by atoms with van der Waals surface area (Å²) in [5.41, 5.74) is 0. The van der Waals surface area contributed by atoms with Gasteiger partial charge in [0.1, 0.15) is 0 Å². The van der Waals surface area contributed by atoms with E-state index in [-0.39, 0.29) is 0 Å². The Morgan fingerprint density at radius 2 is 1.88 bits per heavy atom. The average Bonchev–Trinajstić information content (AvgIpc) is 2.65. The number of ether oxygens (including phenoxy) is 2. The molecule has 0 atom stereocenters. The highest BCUT2D eigenvalue weighted by atomic mass is 16.7. The van der Waals surface area contributed by atoms with Gasteiger partial charge in [0.25, 0.3) is 5.89 Å². The predicted molar refractivity (Wildman–Crippen MR) is 57.7 cm³/mol. The highest BCUT2D eigenvalue weighted by Gasteiger charge is 2.19. The maximum Gasteiger partial charge on any atom is 0.283 e. The zero-order chi connectivity index (χ0) is 12.0. The van der Waals surface area contributed by atoms with Crippen molar-refractivity contribution in [2.75, 3.05) is 27.3 Å². The van der Waals surface area contributed by atoms with Crippen LogP contribution in [0.1, 0.15) is 31.9 Å². The third kappa shape index (κ3) is 3.88. The van der Waals surface area contributed by atoms with Gasteiger partial charge in [-0.1, -0.05) is 5.16 Å². The lowest BCUT2D eigenvalue weighted by Gasteiger charge is -2.11. The molecular weight excluding hydrogens is 210 g/mol. The molecule has 1 aromatic rings. The minimum atomic E-state index is -0.557. The summed E-state index contributed by atoms with van der Waals surface area (Å²) >= 11 is 0. The molecule has 6 heteroatoms. The Morgan fingerprint density at radius 3 is 2.38 bits per heavy atom. The van der Waals surface area contributed by atoms with Crippen LogP contribution in [0, 0.1) is 0 Å². The molecule has 0 amide bonds. The fourth-order valence-corrected chi connectivity index (χ4v) is 1.20. The van der Waals surface area contributed by atoms with E-state index in [0.29, 0.717) is 31.5 Å². The molecule has 16 heavy (non-hydrogen) atoms. The molecule has 0 saturated carbocycles. The molecule has 6 nitrogen and oxygen atoms in total. The van der Waals surface area contributed by atoms with Crippen LogP contribution >= 0.6 is 0 Å². The highest BCUT2D eigenvalue weighted by Crippen LogP contribution is 2.16. The molecule has 0 bridgehead atoms. The van der Waals surface area contributed by atoms with Gasteiger partial charge in [0.2, 0.25) is 6.29 Å². The molecule has 0 fully saturated rings. The van der Waals surface area contributed by atoms with Crippen molar-refractivity contribution in [2.24, 2.45) is 0 Å². The minimum absolute atomic E-state index is 0.376. The van der Waals surface area contributed by atoms with Crippen LogP contribution in [0.25, 0.3) is 0 Å². The van der Waals surface area contributed by atoms with Gasteiger partial charge >= 0.3 is 0 Å². The average molecular weight is 229 g/mol. The van der Waals surface area contributed by atoms with Crippen molar-refractivity contribution in [3.05, 3.63) is 11.7 Å². The zero-order valence-electron chi connectivity index (χ0n) is 10.3. The van der Waals surface area contributed by atoms with E-state index in [2.05, 4.69) is 10.1 Å². The van der Waals surface area contributed by atoms with E-state index in [0.717, 1.165) is 0 Å². The van der Waals surface area contributed by atoms with Crippen LogP contribution in [0.3, 0.4) is 0 Å². The standard InChI is InChI=1S/C10H19N3O3/c1-5-14-10(15-6-2)9-11-8(12-16-9)7-13(3)4/h10H,5-7H2,1-4H3. The third-order valence-electron chi connectivity index (χ3n) is 1.78. The summed E-state index contributed by atoms with van der Waals surface area (Å²) in [6.45, 7) is 5.49. The maximum absolute atomic E-state index is 5.35. The van der Waals surface area contributed by atoms with Crippen molar-refractivity contribution in [3.8, 4) is 0 Å². The normalized spacial score (nSPS) is 11.6. The molecule has 0 aliphatic heterocycles. The number of hydrogen-bond donors (Lipinski definition) is 0. The topological polar surface area (TPSA) is 60.6 Å². The highest BCUT2D eigenvalue weighted by molar-refractivity contribution is 4.87. The van der Waals surface area contributed by atoms with Gasteiger partial charge in [-0.2, -0.15) is 4.98 Å². The van der Waals surface area contributed by atoms with Crippen molar-refractivity contribution in [1.29, 1.82) is 0 Å². The Hall–Kier alpha value is -0.980. The van der Waals surface area contributed by atoms with Crippen LogP contribution in [-0.4, -0.2) is 42.3 Å². The Morgan fingerprint density at radius 1 is 1.25 bits per heavy atom. The van der Waals surface area contributed by atoms with E-state index >= 15 is 0 Å². The Bertz CT molecular complexity index is 295. The zero-order valence-corrected chi connectivity index (χ0v) is 10.3. The van der Waals surface area contributed by atoms with E-state index in [4.69, 9.17) is 14.0 Å². The summed E-state index contributed by atoms with van der Waals surface area (Å²) in [5, 5.41) is 3.85. The van der Waals surface area contributed by atoms with Crippen LogP contribution in [0.15, 0.2) is 4.52 Å². The molecule has 1 aromatic heterocycles. The lowest BCUT2D eigenvalue weighted by Crippen LogP contribution is -2.12. The van der Waals surface area contributed by atoms with Crippen LogP contribution in [0.2, 0.25) is 0 Å². The van der Waals surface area contributed by atoms with Crippen LogP contribution < -0.4 is 0 Å². The second kappa shape index (κ2) is 6.57. The Kier molecular flexibility index (Phi) is 5.37.